The van der Waals surface area contributed by atoms with Gasteiger partial charge >= 0.3 is 0 Å². The van der Waals surface area contributed by atoms with Crippen LogP contribution < -0.4 is 10.5 Å². The maximum Gasteiger partial charge on any atom is 0.245 e. The summed E-state index contributed by atoms with van der Waals surface area (Å²) >= 11 is 0. The van der Waals surface area contributed by atoms with Gasteiger partial charge in [0.2, 0.25) is 10.0 Å². The highest BCUT2D eigenvalue weighted by molar-refractivity contribution is 7.89. The van der Waals surface area contributed by atoms with E-state index in [1.54, 1.807) is 10.9 Å². The summed E-state index contributed by atoms with van der Waals surface area (Å²) in [6.07, 6.45) is 5.55. The average Bonchev–Trinajstić information content (AvgIpc) is 2.95. The predicted octanol–water partition coefficient (Wildman–Crippen LogP) is -0.260. The monoisotopic (exact) mass is 298 g/mol. The predicted molar refractivity (Wildman–Crippen MR) is 74.4 cm³/mol. The first-order valence-corrected chi connectivity index (χ1v) is 7.71. The van der Waals surface area contributed by atoms with E-state index < -0.39 is 10.0 Å². The van der Waals surface area contributed by atoms with Crippen LogP contribution in [0.2, 0.25) is 0 Å². The zero-order valence-electron chi connectivity index (χ0n) is 11.4. The molecular formula is C11H18N6O2S. The minimum atomic E-state index is -3.63. The summed E-state index contributed by atoms with van der Waals surface area (Å²) in [5, 5.41) is 7.95. The van der Waals surface area contributed by atoms with E-state index in [4.69, 9.17) is 5.73 Å². The maximum atomic E-state index is 12.1. The molecule has 3 N–H and O–H groups in total. The largest absolute Gasteiger partial charge is 0.381 e. The second kappa shape index (κ2) is 5.63. The van der Waals surface area contributed by atoms with Gasteiger partial charge in [0.25, 0.3) is 0 Å². The fourth-order valence-electron chi connectivity index (χ4n) is 1.80. The van der Waals surface area contributed by atoms with Gasteiger partial charge in [0, 0.05) is 32.5 Å². The van der Waals surface area contributed by atoms with E-state index >= 15 is 0 Å². The maximum absolute atomic E-state index is 12.1. The standard InChI is InChI=1S/C11H18N6O2S/c1-3-17-8-10(11(12)15-17)20(18,19)14-5-4-9-6-13-16(2)7-9/h6-8,14H,3-5H2,1-2H3,(H2,12,15). The lowest BCUT2D eigenvalue weighted by Gasteiger charge is -2.04. The Morgan fingerprint density at radius 3 is 2.70 bits per heavy atom. The number of hydrogen-bond acceptors (Lipinski definition) is 5. The number of nitrogens with zero attached hydrogens (tertiary/aromatic N) is 4. The van der Waals surface area contributed by atoms with Crippen LogP contribution >= 0.6 is 0 Å². The van der Waals surface area contributed by atoms with Gasteiger partial charge in [0.05, 0.1) is 6.20 Å². The Bertz CT molecular complexity index is 688. The van der Waals surface area contributed by atoms with Crippen LogP contribution in [0.4, 0.5) is 5.82 Å². The van der Waals surface area contributed by atoms with E-state index in [1.807, 2.05) is 20.2 Å². The van der Waals surface area contributed by atoms with Gasteiger partial charge in [-0.15, -0.1) is 0 Å². The first-order valence-electron chi connectivity index (χ1n) is 6.22. The minimum absolute atomic E-state index is 0.0146. The second-order valence-electron chi connectivity index (χ2n) is 4.40. The molecule has 0 fully saturated rings. The smallest absolute Gasteiger partial charge is 0.245 e. The Labute approximate surface area is 117 Å². The van der Waals surface area contributed by atoms with Crippen molar-refractivity contribution in [3.63, 3.8) is 0 Å². The molecule has 2 heterocycles. The van der Waals surface area contributed by atoms with Gasteiger partial charge in [0.1, 0.15) is 4.90 Å². The van der Waals surface area contributed by atoms with Crippen LogP contribution in [0.25, 0.3) is 0 Å². The summed E-state index contributed by atoms with van der Waals surface area (Å²) in [5.41, 5.74) is 6.59. The van der Waals surface area contributed by atoms with Crippen LogP contribution in [0.5, 0.6) is 0 Å². The lowest BCUT2D eigenvalue weighted by molar-refractivity contribution is 0.581. The Morgan fingerprint density at radius 1 is 1.40 bits per heavy atom. The molecule has 20 heavy (non-hydrogen) atoms. The van der Waals surface area contributed by atoms with Crippen LogP contribution in [-0.2, 0) is 30.0 Å². The number of nitrogens with two attached hydrogens (primary N) is 1. The number of rotatable bonds is 6. The van der Waals surface area contributed by atoms with Gasteiger partial charge in [0.15, 0.2) is 5.82 Å². The third-order valence-corrected chi connectivity index (χ3v) is 4.31. The zero-order chi connectivity index (χ0) is 14.8. The third kappa shape index (κ3) is 3.17. The number of nitrogens with one attached hydrogen (secondary N) is 1. The Hall–Kier alpha value is -1.87. The first-order chi connectivity index (χ1) is 9.42. The molecule has 0 saturated carbocycles. The molecule has 0 amide bonds. The lowest BCUT2D eigenvalue weighted by atomic mass is 10.3. The molecule has 2 rings (SSSR count). The Balaban J connectivity index is 2.01. The molecule has 9 heteroatoms. The number of aromatic nitrogens is 4. The first kappa shape index (κ1) is 14.5. The van der Waals surface area contributed by atoms with E-state index in [9.17, 15) is 8.42 Å². The van der Waals surface area contributed by atoms with Gasteiger partial charge in [-0.1, -0.05) is 0 Å². The van der Waals surface area contributed by atoms with Gasteiger partial charge in [-0.2, -0.15) is 10.2 Å². The highest BCUT2D eigenvalue weighted by Gasteiger charge is 2.20. The van der Waals surface area contributed by atoms with Crippen molar-refractivity contribution in [2.24, 2.45) is 7.05 Å². The van der Waals surface area contributed by atoms with E-state index in [1.165, 1.54) is 10.9 Å². The van der Waals surface area contributed by atoms with Crippen LogP contribution in [0, 0.1) is 0 Å². The van der Waals surface area contributed by atoms with Gasteiger partial charge in [-0.05, 0) is 18.9 Å². The molecule has 0 aromatic carbocycles. The number of nitrogen functional groups attached to an aromatic ring is 1. The van der Waals surface area contributed by atoms with Gasteiger partial charge < -0.3 is 5.73 Å². The molecule has 0 saturated heterocycles. The van der Waals surface area contributed by atoms with Gasteiger partial charge in [-0.3, -0.25) is 9.36 Å². The number of hydrogen-bond donors (Lipinski definition) is 2. The van der Waals surface area contributed by atoms with Crippen molar-refractivity contribution in [1.82, 2.24) is 24.3 Å². The fraction of sp³-hybridized carbons (Fsp3) is 0.455. The molecule has 2 aromatic rings. The van der Waals surface area contributed by atoms with Crippen molar-refractivity contribution in [3.8, 4) is 0 Å². The lowest BCUT2D eigenvalue weighted by Crippen LogP contribution is -2.26. The van der Waals surface area contributed by atoms with Crippen molar-refractivity contribution in [2.75, 3.05) is 12.3 Å². The number of aryl methyl sites for hydroxylation is 2. The summed E-state index contributed by atoms with van der Waals surface area (Å²) in [7, 11) is -1.82. The summed E-state index contributed by atoms with van der Waals surface area (Å²) in [4.78, 5) is 0.0190. The molecule has 0 aliphatic carbocycles. The van der Waals surface area contributed by atoms with E-state index in [0.717, 1.165) is 5.56 Å². The van der Waals surface area contributed by atoms with Crippen LogP contribution in [0.1, 0.15) is 12.5 Å². The Morgan fingerprint density at radius 2 is 2.15 bits per heavy atom. The molecule has 0 spiro atoms. The second-order valence-corrected chi connectivity index (χ2v) is 6.14. The molecule has 0 radical (unpaired) electrons. The van der Waals surface area contributed by atoms with Crippen LogP contribution in [0.3, 0.4) is 0 Å². The molecule has 2 aromatic heterocycles. The molecule has 8 nitrogen and oxygen atoms in total. The molecule has 0 bridgehead atoms. The number of sulfonamides is 1. The van der Waals surface area contributed by atoms with E-state index in [-0.39, 0.29) is 17.3 Å². The number of anilines is 1. The SMILES string of the molecule is CCn1cc(S(=O)(=O)NCCc2cnn(C)c2)c(N)n1. The van der Waals surface area contributed by atoms with Crippen LogP contribution in [-0.4, -0.2) is 34.5 Å². The Kier molecular flexibility index (Phi) is 4.09. The van der Waals surface area contributed by atoms with E-state index in [0.29, 0.717) is 13.0 Å². The highest BCUT2D eigenvalue weighted by Crippen LogP contribution is 2.15. The molecule has 0 aliphatic rings. The van der Waals surface area contributed by atoms with Crippen LogP contribution in [0.15, 0.2) is 23.5 Å². The minimum Gasteiger partial charge on any atom is -0.381 e. The molecule has 110 valence electrons. The fourth-order valence-corrected chi connectivity index (χ4v) is 2.90. The summed E-state index contributed by atoms with van der Waals surface area (Å²) in [6, 6.07) is 0. The summed E-state index contributed by atoms with van der Waals surface area (Å²) < 4.78 is 29.9. The van der Waals surface area contributed by atoms with E-state index in [2.05, 4.69) is 14.9 Å². The summed E-state index contributed by atoms with van der Waals surface area (Å²) in [5.74, 6) is 0.0146. The molecule has 0 atom stereocenters. The normalized spacial score (nSPS) is 11.9. The molecule has 0 aliphatic heterocycles. The van der Waals surface area contributed by atoms with Crippen molar-refractivity contribution in [3.05, 3.63) is 24.2 Å². The summed E-state index contributed by atoms with van der Waals surface area (Å²) in [6.45, 7) is 2.71. The average molecular weight is 298 g/mol. The molecular weight excluding hydrogens is 280 g/mol. The van der Waals surface area contributed by atoms with Gasteiger partial charge in [-0.25, -0.2) is 13.1 Å². The highest BCUT2D eigenvalue weighted by atomic mass is 32.2. The topological polar surface area (TPSA) is 108 Å². The quantitative estimate of drug-likeness (QED) is 0.764. The zero-order valence-corrected chi connectivity index (χ0v) is 12.3. The molecule has 0 unspecified atom stereocenters. The van der Waals surface area contributed by atoms with Crippen molar-refractivity contribution in [2.45, 2.75) is 24.8 Å². The third-order valence-electron chi connectivity index (χ3n) is 2.83. The van der Waals surface area contributed by atoms with Crippen molar-refractivity contribution in [1.29, 1.82) is 0 Å². The van der Waals surface area contributed by atoms with Crippen molar-refractivity contribution < 1.29 is 8.42 Å². The van der Waals surface area contributed by atoms with Crippen molar-refractivity contribution >= 4 is 15.8 Å².